The van der Waals surface area contributed by atoms with Crippen LogP contribution in [0.15, 0.2) is 52.1 Å². The fourth-order valence-corrected chi connectivity index (χ4v) is 2.62. The van der Waals surface area contributed by atoms with E-state index in [2.05, 4.69) is 31.9 Å². The third-order valence-electron chi connectivity index (χ3n) is 4.03. The van der Waals surface area contributed by atoms with Crippen molar-refractivity contribution in [1.29, 1.82) is 0 Å². The third-order valence-corrected chi connectivity index (χ3v) is 4.56. The number of carbonyl (C=O) groups is 1. The van der Waals surface area contributed by atoms with Gasteiger partial charge in [0, 0.05) is 44.6 Å². The zero-order chi connectivity index (χ0) is 19.1. The largest absolute Gasteiger partial charge is 0.353 e. The summed E-state index contributed by atoms with van der Waals surface area (Å²) >= 11 is 3.44. The number of hydrogen-bond donors (Lipinski definition) is 1. The summed E-state index contributed by atoms with van der Waals surface area (Å²) in [5.74, 6) is 0.706. The number of aromatic nitrogens is 1. The van der Waals surface area contributed by atoms with E-state index in [1.165, 1.54) is 5.69 Å². The summed E-state index contributed by atoms with van der Waals surface area (Å²) in [4.78, 5) is 20.2. The second-order valence-corrected chi connectivity index (χ2v) is 7.29. The third kappa shape index (κ3) is 5.91. The molecule has 140 valence electrons. The molecule has 2 rings (SSSR count). The van der Waals surface area contributed by atoms with Gasteiger partial charge >= 0.3 is 0 Å². The van der Waals surface area contributed by atoms with Crippen LogP contribution < -0.4 is 5.32 Å². The number of hydrogen-bond acceptors (Lipinski definition) is 2. The van der Waals surface area contributed by atoms with Crippen molar-refractivity contribution in [3.63, 3.8) is 0 Å². The molecule has 0 aliphatic carbocycles. The summed E-state index contributed by atoms with van der Waals surface area (Å²) in [6.45, 7) is 1.46. The molecule has 0 aliphatic heterocycles. The van der Waals surface area contributed by atoms with Crippen LogP contribution in [0, 0.1) is 0 Å². The molecule has 2 aromatic rings. The second-order valence-electron chi connectivity index (χ2n) is 6.37. The highest BCUT2D eigenvalue weighted by atomic mass is 79.9. The lowest BCUT2D eigenvalue weighted by Crippen LogP contribution is -2.43. The van der Waals surface area contributed by atoms with E-state index in [0.29, 0.717) is 19.0 Å². The molecule has 0 unspecified atom stereocenters. The minimum absolute atomic E-state index is 0.00797. The first kappa shape index (κ1) is 20.0. The van der Waals surface area contributed by atoms with Crippen LogP contribution in [-0.4, -0.2) is 53.9 Å². The minimum Gasteiger partial charge on any atom is -0.353 e. The van der Waals surface area contributed by atoms with Gasteiger partial charge in [-0.05, 0) is 29.8 Å². The average molecular weight is 420 g/mol. The first-order chi connectivity index (χ1) is 12.4. The minimum atomic E-state index is 0.00797. The van der Waals surface area contributed by atoms with Crippen molar-refractivity contribution in [3.8, 4) is 0 Å². The Bertz CT molecular complexity index is 752. The molecule has 0 fully saturated rings. The van der Waals surface area contributed by atoms with Gasteiger partial charge in [0.05, 0.1) is 19.6 Å². The monoisotopic (exact) mass is 419 g/mol. The summed E-state index contributed by atoms with van der Waals surface area (Å²) in [5.41, 5.74) is 2.28. The van der Waals surface area contributed by atoms with Crippen LogP contribution in [-0.2, 0) is 24.9 Å². The fourth-order valence-electron chi connectivity index (χ4n) is 2.36. The molecule has 0 atom stereocenters. The van der Waals surface area contributed by atoms with Crippen molar-refractivity contribution in [1.82, 2.24) is 19.7 Å². The lowest BCUT2D eigenvalue weighted by Gasteiger charge is -2.23. The van der Waals surface area contributed by atoms with Gasteiger partial charge in [0.25, 0.3) is 0 Å². The highest BCUT2D eigenvalue weighted by Gasteiger charge is 2.11. The molecule has 1 N–H and O–H groups in total. The number of aryl methyl sites for hydroxylation is 1. The summed E-state index contributed by atoms with van der Waals surface area (Å²) in [5, 5.41) is 3.18. The molecule has 0 aliphatic rings. The van der Waals surface area contributed by atoms with E-state index in [0.717, 1.165) is 10.0 Å². The van der Waals surface area contributed by atoms with Crippen molar-refractivity contribution in [2.45, 2.75) is 13.1 Å². The Morgan fingerprint density at radius 3 is 2.46 bits per heavy atom. The molecule has 0 spiro atoms. The molecule has 7 heteroatoms. The Morgan fingerprint density at radius 2 is 1.88 bits per heavy atom. The lowest BCUT2D eigenvalue weighted by atomic mass is 10.2. The molecule has 26 heavy (non-hydrogen) atoms. The molecule has 1 aromatic heterocycles. The first-order valence-electron chi connectivity index (χ1n) is 8.41. The number of aliphatic imine (C=N–C) groups is 1. The van der Waals surface area contributed by atoms with E-state index in [1.54, 1.807) is 19.0 Å². The van der Waals surface area contributed by atoms with Crippen molar-refractivity contribution >= 4 is 27.8 Å². The van der Waals surface area contributed by atoms with Gasteiger partial charge in [-0.2, -0.15) is 0 Å². The Balaban J connectivity index is 2.11. The topological polar surface area (TPSA) is 52.9 Å². The van der Waals surface area contributed by atoms with Gasteiger partial charge in [0.2, 0.25) is 5.91 Å². The van der Waals surface area contributed by atoms with E-state index in [1.807, 2.05) is 55.5 Å². The van der Waals surface area contributed by atoms with E-state index in [-0.39, 0.29) is 12.5 Å². The Hall–Kier alpha value is -2.28. The summed E-state index contributed by atoms with van der Waals surface area (Å²) in [6.07, 6.45) is 2.02. The van der Waals surface area contributed by atoms with Crippen molar-refractivity contribution in [2.24, 2.45) is 12.0 Å². The summed E-state index contributed by atoms with van der Waals surface area (Å²) in [7, 11) is 7.48. The maximum absolute atomic E-state index is 11.9. The Morgan fingerprint density at radius 1 is 1.19 bits per heavy atom. The van der Waals surface area contributed by atoms with Gasteiger partial charge in [0.15, 0.2) is 5.96 Å². The summed E-state index contributed by atoms with van der Waals surface area (Å²) < 4.78 is 3.12. The Kier molecular flexibility index (Phi) is 7.26. The number of benzene rings is 1. The molecule has 6 nitrogen and oxygen atoms in total. The number of rotatable bonds is 6. The Labute approximate surface area is 163 Å². The van der Waals surface area contributed by atoms with Crippen LogP contribution >= 0.6 is 15.9 Å². The molecule has 1 aromatic carbocycles. The number of likely N-dealkylation sites (N-methyl/N-ethyl adjacent to an activating group) is 1. The van der Waals surface area contributed by atoms with Crippen LogP contribution in [0.5, 0.6) is 0 Å². The molecular formula is C19H26BrN5O. The predicted octanol–water partition coefficient (Wildman–Crippen LogP) is 2.45. The number of nitrogens with one attached hydrogen (secondary N) is 1. The SMILES string of the molecule is CN(C)C(=O)CNC(=NCc1ccc(Br)cc1)N(C)Cc1cccn1C. The van der Waals surface area contributed by atoms with E-state index >= 15 is 0 Å². The van der Waals surface area contributed by atoms with E-state index in [9.17, 15) is 4.79 Å². The molecule has 0 radical (unpaired) electrons. The zero-order valence-electron chi connectivity index (χ0n) is 15.7. The fraction of sp³-hybridized carbons (Fsp3) is 0.368. The van der Waals surface area contributed by atoms with E-state index < -0.39 is 0 Å². The van der Waals surface area contributed by atoms with E-state index in [4.69, 9.17) is 4.99 Å². The van der Waals surface area contributed by atoms with Crippen LogP contribution in [0.25, 0.3) is 0 Å². The van der Waals surface area contributed by atoms with Crippen molar-refractivity contribution < 1.29 is 4.79 Å². The lowest BCUT2D eigenvalue weighted by molar-refractivity contribution is -0.127. The zero-order valence-corrected chi connectivity index (χ0v) is 17.3. The van der Waals surface area contributed by atoms with Crippen molar-refractivity contribution in [3.05, 3.63) is 58.3 Å². The number of nitrogens with zero attached hydrogens (tertiary/aromatic N) is 4. The van der Waals surface area contributed by atoms with Gasteiger partial charge in [-0.25, -0.2) is 4.99 Å². The highest BCUT2D eigenvalue weighted by Crippen LogP contribution is 2.11. The number of guanidine groups is 1. The molecule has 1 heterocycles. The standard InChI is InChI=1S/C19H26BrN5O/c1-23(2)18(26)13-22-19(21-12-15-7-9-16(20)10-8-15)25(4)14-17-6-5-11-24(17)3/h5-11H,12-14H2,1-4H3,(H,21,22). The van der Waals surface area contributed by atoms with Gasteiger partial charge in [-0.15, -0.1) is 0 Å². The number of carbonyl (C=O) groups excluding carboxylic acids is 1. The molecule has 0 bridgehead atoms. The van der Waals surface area contributed by atoms with Crippen LogP contribution in [0.3, 0.4) is 0 Å². The maximum atomic E-state index is 11.9. The summed E-state index contributed by atoms with van der Waals surface area (Å²) in [6, 6.07) is 12.2. The van der Waals surface area contributed by atoms with Crippen LogP contribution in [0.2, 0.25) is 0 Å². The second kappa shape index (κ2) is 9.43. The van der Waals surface area contributed by atoms with Gasteiger partial charge in [-0.3, -0.25) is 4.79 Å². The smallest absolute Gasteiger partial charge is 0.241 e. The average Bonchev–Trinajstić information content (AvgIpc) is 3.00. The van der Waals surface area contributed by atoms with Crippen LogP contribution in [0.1, 0.15) is 11.3 Å². The molecule has 1 amide bonds. The van der Waals surface area contributed by atoms with Gasteiger partial charge in [-0.1, -0.05) is 28.1 Å². The van der Waals surface area contributed by atoms with Crippen LogP contribution in [0.4, 0.5) is 0 Å². The van der Waals surface area contributed by atoms with Gasteiger partial charge < -0.3 is 19.7 Å². The quantitative estimate of drug-likeness (QED) is 0.577. The molecular weight excluding hydrogens is 394 g/mol. The highest BCUT2D eigenvalue weighted by molar-refractivity contribution is 9.10. The van der Waals surface area contributed by atoms with Crippen molar-refractivity contribution in [2.75, 3.05) is 27.7 Å². The number of halogens is 1. The maximum Gasteiger partial charge on any atom is 0.241 e. The number of amides is 1. The van der Waals surface area contributed by atoms with Gasteiger partial charge in [0.1, 0.15) is 0 Å². The molecule has 0 saturated heterocycles. The molecule has 0 saturated carbocycles. The normalized spacial score (nSPS) is 11.3. The predicted molar refractivity (Wildman–Crippen MR) is 109 cm³/mol. The first-order valence-corrected chi connectivity index (χ1v) is 9.20.